The Morgan fingerprint density at radius 3 is 2.46 bits per heavy atom. The molecule has 2 aromatic carbocycles. The highest BCUT2D eigenvalue weighted by molar-refractivity contribution is 7.89. The van der Waals surface area contributed by atoms with Gasteiger partial charge in [0.1, 0.15) is 11.5 Å². The number of para-hydroxylation sites is 1. The van der Waals surface area contributed by atoms with Crippen molar-refractivity contribution in [1.82, 2.24) is 9.62 Å². The zero-order valence-corrected chi connectivity index (χ0v) is 16.2. The highest BCUT2D eigenvalue weighted by atomic mass is 32.2. The molecule has 0 unspecified atom stereocenters. The summed E-state index contributed by atoms with van der Waals surface area (Å²) in [4.78, 5) is 14.4. The maximum absolute atomic E-state index is 12.6. The van der Waals surface area contributed by atoms with Crippen molar-refractivity contribution in [3.63, 3.8) is 0 Å². The first-order valence-electron chi connectivity index (χ1n) is 8.67. The second kappa shape index (κ2) is 6.81. The molecule has 1 amide bonds. The van der Waals surface area contributed by atoms with Gasteiger partial charge in [-0.15, -0.1) is 0 Å². The van der Waals surface area contributed by atoms with E-state index in [0.29, 0.717) is 17.1 Å². The molecule has 0 bridgehead atoms. The number of carbonyl (C=O) groups excluding carboxylic acids is 1. The van der Waals surface area contributed by atoms with Crippen LogP contribution in [0.3, 0.4) is 0 Å². The quantitative estimate of drug-likeness (QED) is 0.706. The van der Waals surface area contributed by atoms with Crippen LogP contribution in [0.4, 0.5) is 5.69 Å². The number of rotatable bonds is 4. The summed E-state index contributed by atoms with van der Waals surface area (Å²) in [5.74, 6) is 1.09. The minimum absolute atomic E-state index is 0.0843. The van der Waals surface area contributed by atoms with Crippen molar-refractivity contribution in [3.8, 4) is 11.3 Å². The topological polar surface area (TPSA) is 91.7 Å². The number of benzene rings is 2. The fraction of sp³-hybridized carbons (Fsp3) is 0.150. The fourth-order valence-electron chi connectivity index (χ4n) is 3.18. The minimum atomic E-state index is -3.49. The predicted molar refractivity (Wildman–Crippen MR) is 105 cm³/mol. The third-order valence-electron chi connectivity index (χ3n) is 4.77. The van der Waals surface area contributed by atoms with Gasteiger partial charge in [0, 0.05) is 18.3 Å². The number of sulfonamides is 1. The molecule has 3 aromatic rings. The average molecular weight is 397 g/mol. The van der Waals surface area contributed by atoms with Crippen LogP contribution in [0, 0.1) is 0 Å². The van der Waals surface area contributed by atoms with Crippen molar-refractivity contribution in [2.45, 2.75) is 11.1 Å². The first-order valence-corrected chi connectivity index (χ1v) is 10.2. The lowest BCUT2D eigenvalue weighted by molar-refractivity contribution is 0.0719. The van der Waals surface area contributed by atoms with Crippen LogP contribution in [0.1, 0.15) is 22.3 Å². The van der Waals surface area contributed by atoms with Crippen molar-refractivity contribution in [1.29, 1.82) is 0 Å². The van der Waals surface area contributed by atoms with Crippen molar-refractivity contribution in [2.24, 2.45) is 0 Å². The zero-order valence-electron chi connectivity index (χ0n) is 15.3. The van der Waals surface area contributed by atoms with E-state index in [1.165, 1.54) is 19.2 Å². The smallest absolute Gasteiger partial charge is 0.257 e. The van der Waals surface area contributed by atoms with Crippen LogP contribution in [0.15, 0.2) is 70.0 Å². The van der Waals surface area contributed by atoms with Crippen LogP contribution in [0.25, 0.3) is 11.3 Å². The van der Waals surface area contributed by atoms with Gasteiger partial charge in [0.25, 0.3) is 5.91 Å². The molecule has 1 aliphatic heterocycles. The standard InChI is InChI=1S/C20H19N3O4S/c1-21-28(25,26)14-9-7-13(8-10-14)17-11-12-18(27-17)19-22-16-6-4-3-5-15(16)20(24)23(19)2/h3-12,19,21-22H,1-2H3/t19-/m1/s1. The van der Waals surface area contributed by atoms with Gasteiger partial charge in [-0.05, 0) is 55.6 Å². The monoisotopic (exact) mass is 397 g/mol. The van der Waals surface area contributed by atoms with E-state index in [9.17, 15) is 13.2 Å². The Balaban J connectivity index is 1.62. The Morgan fingerprint density at radius 2 is 1.75 bits per heavy atom. The predicted octanol–water partition coefficient (Wildman–Crippen LogP) is 3.05. The number of nitrogens with zero attached hydrogens (tertiary/aromatic N) is 1. The molecule has 2 heterocycles. The van der Waals surface area contributed by atoms with Gasteiger partial charge < -0.3 is 14.6 Å². The van der Waals surface area contributed by atoms with Gasteiger partial charge in [0.2, 0.25) is 10.0 Å². The van der Waals surface area contributed by atoms with E-state index < -0.39 is 16.2 Å². The number of amides is 1. The molecule has 0 aliphatic carbocycles. The SMILES string of the molecule is CNS(=O)(=O)c1ccc(-c2ccc([C@@H]3Nc4ccccc4C(=O)N3C)o2)cc1. The van der Waals surface area contributed by atoms with Crippen LogP contribution in [0.5, 0.6) is 0 Å². The number of anilines is 1. The van der Waals surface area contributed by atoms with Gasteiger partial charge in [-0.25, -0.2) is 13.1 Å². The summed E-state index contributed by atoms with van der Waals surface area (Å²) in [6.45, 7) is 0. The summed E-state index contributed by atoms with van der Waals surface area (Å²) >= 11 is 0. The second-order valence-electron chi connectivity index (χ2n) is 6.44. The van der Waals surface area contributed by atoms with Crippen LogP contribution in [-0.2, 0) is 10.0 Å². The Morgan fingerprint density at radius 1 is 1.04 bits per heavy atom. The van der Waals surface area contributed by atoms with Crippen LogP contribution >= 0.6 is 0 Å². The van der Waals surface area contributed by atoms with Crippen molar-refractivity contribution in [2.75, 3.05) is 19.4 Å². The number of nitrogens with one attached hydrogen (secondary N) is 2. The minimum Gasteiger partial charge on any atom is -0.457 e. The normalized spacial score (nSPS) is 16.6. The molecule has 0 spiro atoms. The molecule has 1 aromatic heterocycles. The number of carbonyl (C=O) groups is 1. The van der Waals surface area contributed by atoms with Crippen molar-refractivity contribution in [3.05, 3.63) is 72.0 Å². The van der Waals surface area contributed by atoms with Gasteiger partial charge in [-0.3, -0.25) is 4.79 Å². The summed E-state index contributed by atoms with van der Waals surface area (Å²) in [5, 5.41) is 3.32. The molecule has 4 rings (SSSR count). The lowest BCUT2D eigenvalue weighted by Crippen LogP contribution is -2.39. The van der Waals surface area contributed by atoms with E-state index in [1.807, 2.05) is 24.3 Å². The zero-order chi connectivity index (χ0) is 19.9. The number of hydrogen-bond donors (Lipinski definition) is 2. The van der Waals surface area contributed by atoms with E-state index in [-0.39, 0.29) is 10.8 Å². The number of hydrogen-bond acceptors (Lipinski definition) is 5. The maximum Gasteiger partial charge on any atom is 0.257 e. The molecular weight excluding hydrogens is 378 g/mol. The molecule has 1 atom stereocenters. The summed E-state index contributed by atoms with van der Waals surface area (Å²) in [6.07, 6.45) is -0.430. The molecule has 8 heteroatoms. The Labute approximate surface area is 163 Å². The maximum atomic E-state index is 12.6. The fourth-order valence-corrected chi connectivity index (χ4v) is 3.91. The lowest BCUT2D eigenvalue weighted by atomic mass is 10.1. The van der Waals surface area contributed by atoms with Crippen LogP contribution < -0.4 is 10.0 Å². The first-order chi connectivity index (χ1) is 13.4. The van der Waals surface area contributed by atoms with Gasteiger partial charge in [-0.2, -0.15) is 0 Å². The molecule has 0 saturated carbocycles. The van der Waals surface area contributed by atoms with Gasteiger partial charge in [0.05, 0.1) is 10.5 Å². The molecular formula is C20H19N3O4S. The largest absolute Gasteiger partial charge is 0.457 e. The molecule has 2 N–H and O–H groups in total. The molecule has 0 radical (unpaired) electrons. The second-order valence-corrected chi connectivity index (χ2v) is 8.33. The lowest BCUT2D eigenvalue weighted by Gasteiger charge is -2.33. The van der Waals surface area contributed by atoms with E-state index in [1.54, 1.807) is 36.2 Å². The Kier molecular flexibility index (Phi) is 4.44. The molecule has 0 saturated heterocycles. The summed E-state index contributed by atoms with van der Waals surface area (Å²) in [5.41, 5.74) is 2.12. The van der Waals surface area contributed by atoms with E-state index in [0.717, 1.165) is 11.3 Å². The van der Waals surface area contributed by atoms with Crippen LogP contribution in [0.2, 0.25) is 0 Å². The Bertz CT molecular complexity index is 1140. The highest BCUT2D eigenvalue weighted by Crippen LogP contribution is 2.34. The Hall–Kier alpha value is -3.10. The molecule has 28 heavy (non-hydrogen) atoms. The summed E-state index contributed by atoms with van der Waals surface area (Å²) in [6, 6.07) is 17.4. The summed E-state index contributed by atoms with van der Waals surface area (Å²) < 4.78 is 32.0. The highest BCUT2D eigenvalue weighted by Gasteiger charge is 2.32. The van der Waals surface area contributed by atoms with Crippen molar-refractivity contribution >= 4 is 21.6 Å². The van der Waals surface area contributed by atoms with Gasteiger partial charge >= 0.3 is 0 Å². The molecule has 144 valence electrons. The summed E-state index contributed by atoms with van der Waals surface area (Å²) in [7, 11) is -0.398. The van der Waals surface area contributed by atoms with Gasteiger partial charge in [0.15, 0.2) is 6.17 Å². The van der Waals surface area contributed by atoms with Crippen LogP contribution in [-0.4, -0.2) is 33.3 Å². The molecule has 7 nitrogen and oxygen atoms in total. The number of fused-ring (bicyclic) bond motifs is 1. The van der Waals surface area contributed by atoms with E-state index in [2.05, 4.69) is 10.0 Å². The molecule has 0 fully saturated rings. The third-order valence-corrected chi connectivity index (χ3v) is 6.20. The average Bonchev–Trinajstić information content (AvgIpc) is 3.21. The third kappa shape index (κ3) is 3.06. The van der Waals surface area contributed by atoms with Gasteiger partial charge in [-0.1, -0.05) is 12.1 Å². The molecule has 1 aliphatic rings. The van der Waals surface area contributed by atoms with E-state index >= 15 is 0 Å². The van der Waals surface area contributed by atoms with E-state index in [4.69, 9.17) is 4.42 Å². The first kappa shape index (κ1) is 18.3. The number of furan rings is 1. The van der Waals surface area contributed by atoms with Crippen molar-refractivity contribution < 1.29 is 17.6 Å².